The Bertz CT molecular complexity index is 609. The molecule has 94 valence electrons. The van der Waals surface area contributed by atoms with Gasteiger partial charge in [-0.25, -0.2) is 9.18 Å². The molecule has 0 saturated heterocycles. The molecule has 2 rings (SSSR count). The van der Waals surface area contributed by atoms with E-state index in [0.717, 1.165) is 11.3 Å². The van der Waals surface area contributed by atoms with Crippen LogP contribution in [0.4, 0.5) is 10.1 Å². The molecule has 0 aliphatic rings. The van der Waals surface area contributed by atoms with Gasteiger partial charge in [-0.15, -0.1) is 11.3 Å². The van der Waals surface area contributed by atoms with Gasteiger partial charge in [0.15, 0.2) is 11.6 Å². The summed E-state index contributed by atoms with van der Waals surface area (Å²) in [5, 5.41) is 8.92. The Morgan fingerprint density at radius 1 is 1.44 bits per heavy atom. The Kier molecular flexibility index (Phi) is 3.20. The van der Waals surface area contributed by atoms with Crippen LogP contribution in [0.5, 0.6) is 5.75 Å². The van der Waals surface area contributed by atoms with E-state index < -0.39 is 11.8 Å². The molecule has 0 aliphatic heterocycles. The van der Waals surface area contributed by atoms with Crippen LogP contribution in [0.3, 0.4) is 0 Å². The first-order chi connectivity index (χ1) is 8.52. The Morgan fingerprint density at radius 2 is 2.17 bits per heavy atom. The first-order valence-corrected chi connectivity index (χ1v) is 5.81. The molecule has 1 heterocycles. The van der Waals surface area contributed by atoms with E-state index in [2.05, 4.69) is 0 Å². The molecule has 0 fully saturated rings. The molecular weight excluding hydrogens is 257 g/mol. The highest BCUT2D eigenvalue weighted by molar-refractivity contribution is 7.17. The molecule has 2 aromatic rings. The van der Waals surface area contributed by atoms with Crippen molar-refractivity contribution in [3.05, 3.63) is 35.0 Å². The lowest BCUT2D eigenvalue weighted by Crippen LogP contribution is -1.96. The summed E-state index contributed by atoms with van der Waals surface area (Å²) in [6.07, 6.45) is 0. The number of methoxy groups -OCH3 is 1. The highest BCUT2D eigenvalue weighted by Crippen LogP contribution is 2.35. The molecule has 0 aliphatic carbocycles. The van der Waals surface area contributed by atoms with Gasteiger partial charge in [0.05, 0.1) is 12.8 Å². The minimum absolute atomic E-state index is 0.0771. The minimum atomic E-state index is -1.07. The number of nitrogen functional groups attached to an aromatic ring is 1. The number of halogens is 1. The lowest BCUT2D eigenvalue weighted by molar-refractivity contribution is 0.0703. The van der Waals surface area contributed by atoms with E-state index in [0.29, 0.717) is 10.4 Å². The lowest BCUT2D eigenvalue weighted by atomic mass is 10.1. The van der Waals surface area contributed by atoms with Crippen molar-refractivity contribution in [3.8, 4) is 16.2 Å². The maximum Gasteiger partial charge on any atom is 0.348 e. The molecule has 0 atom stereocenters. The second kappa shape index (κ2) is 4.66. The standard InChI is InChI=1S/C12H10FNO3S/c1-17-9-4-6(2-3-7(9)13)10-5-8(14)11(18-10)12(15)16/h2-5H,14H2,1H3,(H,15,16). The number of anilines is 1. The number of ether oxygens (including phenoxy) is 1. The predicted octanol–water partition coefficient (Wildman–Crippen LogP) is 2.84. The van der Waals surface area contributed by atoms with Crippen LogP contribution in [0.25, 0.3) is 10.4 Å². The van der Waals surface area contributed by atoms with Crippen molar-refractivity contribution >= 4 is 23.0 Å². The largest absolute Gasteiger partial charge is 0.494 e. The van der Waals surface area contributed by atoms with E-state index in [1.54, 1.807) is 12.1 Å². The van der Waals surface area contributed by atoms with Crippen molar-refractivity contribution in [3.63, 3.8) is 0 Å². The SMILES string of the molecule is COc1cc(-c2cc(N)c(C(=O)O)s2)ccc1F. The summed E-state index contributed by atoms with van der Waals surface area (Å²) in [6, 6.07) is 5.88. The van der Waals surface area contributed by atoms with Crippen molar-refractivity contribution in [1.82, 2.24) is 0 Å². The number of carbonyl (C=O) groups is 1. The smallest absolute Gasteiger partial charge is 0.348 e. The normalized spacial score (nSPS) is 10.3. The number of hydrogen-bond donors (Lipinski definition) is 2. The number of rotatable bonds is 3. The molecule has 0 saturated carbocycles. The fourth-order valence-electron chi connectivity index (χ4n) is 1.53. The number of thiophene rings is 1. The number of aromatic carboxylic acids is 1. The zero-order valence-corrected chi connectivity index (χ0v) is 10.3. The van der Waals surface area contributed by atoms with Gasteiger partial charge in [-0.1, -0.05) is 6.07 Å². The van der Waals surface area contributed by atoms with E-state index in [4.69, 9.17) is 15.6 Å². The molecule has 0 unspecified atom stereocenters. The highest BCUT2D eigenvalue weighted by Gasteiger charge is 2.15. The Hall–Kier alpha value is -2.08. The van der Waals surface area contributed by atoms with E-state index in [1.165, 1.54) is 19.2 Å². The maximum absolute atomic E-state index is 13.3. The van der Waals surface area contributed by atoms with Crippen LogP contribution in [0.1, 0.15) is 9.67 Å². The zero-order valence-electron chi connectivity index (χ0n) is 9.44. The Labute approximate surface area is 106 Å². The number of hydrogen-bond acceptors (Lipinski definition) is 4. The van der Waals surface area contributed by atoms with Crippen molar-refractivity contribution < 1.29 is 19.0 Å². The summed E-state index contributed by atoms with van der Waals surface area (Å²) in [6.45, 7) is 0. The average molecular weight is 267 g/mol. The third-order valence-electron chi connectivity index (χ3n) is 2.39. The van der Waals surface area contributed by atoms with Gasteiger partial charge in [0.25, 0.3) is 0 Å². The van der Waals surface area contributed by atoms with Gasteiger partial charge in [0.2, 0.25) is 0 Å². The van der Waals surface area contributed by atoms with Crippen LogP contribution >= 0.6 is 11.3 Å². The van der Waals surface area contributed by atoms with E-state index >= 15 is 0 Å². The highest BCUT2D eigenvalue weighted by atomic mass is 32.1. The molecule has 0 spiro atoms. The predicted molar refractivity (Wildman–Crippen MR) is 67.6 cm³/mol. The Balaban J connectivity index is 2.49. The molecule has 18 heavy (non-hydrogen) atoms. The summed E-state index contributed by atoms with van der Waals surface area (Å²) in [5.74, 6) is -1.43. The van der Waals surface area contributed by atoms with E-state index in [1.807, 2.05) is 0 Å². The van der Waals surface area contributed by atoms with Crippen LogP contribution in [-0.4, -0.2) is 18.2 Å². The van der Waals surface area contributed by atoms with Gasteiger partial charge in [0, 0.05) is 4.88 Å². The summed E-state index contributed by atoms with van der Waals surface area (Å²) < 4.78 is 18.1. The summed E-state index contributed by atoms with van der Waals surface area (Å²) in [4.78, 5) is 11.6. The monoisotopic (exact) mass is 267 g/mol. The van der Waals surface area contributed by atoms with Crippen molar-refractivity contribution in [2.75, 3.05) is 12.8 Å². The second-order valence-electron chi connectivity index (χ2n) is 3.55. The zero-order chi connectivity index (χ0) is 13.3. The summed E-state index contributed by atoms with van der Waals surface area (Å²) in [5.41, 5.74) is 6.47. The van der Waals surface area contributed by atoms with Crippen LogP contribution < -0.4 is 10.5 Å². The van der Waals surface area contributed by atoms with Crippen LogP contribution in [0.2, 0.25) is 0 Å². The van der Waals surface area contributed by atoms with Crippen molar-refractivity contribution in [1.29, 1.82) is 0 Å². The van der Waals surface area contributed by atoms with Crippen LogP contribution in [0.15, 0.2) is 24.3 Å². The topological polar surface area (TPSA) is 72.5 Å². The average Bonchev–Trinajstić information content (AvgIpc) is 2.72. The summed E-state index contributed by atoms with van der Waals surface area (Å²) >= 11 is 1.04. The third-order valence-corrected chi connectivity index (χ3v) is 3.58. The second-order valence-corrected chi connectivity index (χ2v) is 4.60. The van der Waals surface area contributed by atoms with Gasteiger partial charge in [-0.2, -0.15) is 0 Å². The summed E-state index contributed by atoms with van der Waals surface area (Å²) in [7, 11) is 1.37. The van der Waals surface area contributed by atoms with Gasteiger partial charge >= 0.3 is 5.97 Å². The number of carboxylic acid groups (broad SMARTS) is 1. The van der Waals surface area contributed by atoms with E-state index in [9.17, 15) is 9.18 Å². The number of benzene rings is 1. The third kappa shape index (κ3) is 2.14. The molecule has 1 aromatic heterocycles. The van der Waals surface area contributed by atoms with Gasteiger partial charge in [0.1, 0.15) is 4.88 Å². The number of nitrogens with two attached hydrogens (primary N) is 1. The molecule has 1 aromatic carbocycles. The van der Waals surface area contributed by atoms with Crippen LogP contribution in [-0.2, 0) is 0 Å². The first-order valence-electron chi connectivity index (χ1n) is 4.99. The molecule has 6 heteroatoms. The molecule has 3 N–H and O–H groups in total. The quantitative estimate of drug-likeness (QED) is 0.896. The Morgan fingerprint density at radius 3 is 2.72 bits per heavy atom. The molecule has 0 bridgehead atoms. The van der Waals surface area contributed by atoms with Crippen LogP contribution in [0, 0.1) is 5.82 Å². The fraction of sp³-hybridized carbons (Fsp3) is 0.0833. The molecule has 0 radical (unpaired) electrons. The minimum Gasteiger partial charge on any atom is -0.494 e. The van der Waals surface area contributed by atoms with Crippen molar-refractivity contribution in [2.24, 2.45) is 0 Å². The van der Waals surface area contributed by atoms with E-state index in [-0.39, 0.29) is 16.3 Å². The molecular formula is C12H10FNO3S. The maximum atomic E-state index is 13.3. The van der Waals surface area contributed by atoms with Gasteiger partial charge < -0.3 is 15.6 Å². The fourth-order valence-corrected chi connectivity index (χ4v) is 2.44. The lowest BCUT2D eigenvalue weighted by Gasteiger charge is -2.03. The molecule has 4 nitrogen and oxygen atoms in total. The van der Waals surface area contributed by atoms with Gasteiger partial charge in [-0.3, -0.25) is 0 Å². The van der Waals surface area contributed by atoms with Crippen molar-refractivity contribution in [2.45, 2.75) is 0 Å². The molecule has 0 amide bonds. The number of carboxylic acids is 1. The van der Waals surface area contributed by atoms with Gasteiger partial charge in [-0.05, 0) is 23.8 Å². The first kappa shape index (κ1) is 12.4.